The molecule has 2 atom stereocenters. The van der Waals surface area contributed by atoms with Gasteiger partial charge >= 0.3 is 0 Å². The van der Waals surface area contributed by atoms with Gasteiger partial charge in [0.2, 0.25) is 0 Å². The molecule has 0 aliphatic rings. The monoisotopic (exact) mass is 234 g/mol. The zero-order chi connectivity index (χ0) is 12.3. The van der Waals surface area contributed by atoms with Gasteiger partial charge in [-0.15, -0.1) is 9.73 Å². The molecule has 2 aromatic rings. The predicted molar refractivity (Wildman–Crippen MR) is 64.7 cm³/mol. The molecule has 2 aromatic heterocycles. The average molecular weight is 234 g/mol. The minimum Gasteiger partial charge on any atom is -0.314 e. The summed E-state index contributed by atoms with van der Waals surface area (Å²) in [7, 11) is 0. The third-order valence-electron chi connectivity index (χ3n) is 3.02. The molecule has 1 N–H and O–H groups in total. The van der Waals surface area contributed by atoms with Gasteiger partial charge in [-0.2, -0.15) is 5.10 Å². The molecule has 0 amide bonds. The molecule has 92 valence electrons. The van der Waals surface area contributed by atoms with Crippen molar-refractivity contribution in [1.29, 1.82) is 0 Å². The van der Waals surface area contributed by atoms with Crippen LogP contribution in [0.5, 0.6) is 0 Å². The summed E-state index contributed by atoms with van der Waals surface area (Å²) in [6, 6.07) is 4.27. The Morgan fingerprint density at radius 3 is 2.94 bits per heavy atom. The van der Waals surface area contributed by atoms with Crippen molar-refractivity contribution in [3.05, 3.63) is 17.8 Å². The van der Waals surface area contributed by atoms with E-state index in [1.807, 2.05) is 12.1 Å². The van der Waals surface area contributed by atoms with Crippen molar-refractivity contribution in [2.75, 3.05) is 6.54 Å². The maximum Gasteiger partial charge on any atom is 0.199 e. The van der Waals surface area contributed by atoms with Gasteiger partial charge in [0.15, 0.2) is 5.65 Å². The molecular formula is C11H18N6. The minimum absolute atomic E-state index is 0.329. The Morgan fingerprint density at radius 2 is 2.18 bits per heavy atom. The number of tetrazole rings is 1. The lowest BCUT2D eigenvalue weighted by molar-refractivity contribution is 0.468. The van der Waals surface area contributed by atoms with Gasteiger partial charge in [0.1, 0.15) is 0 Å². The first-order chi connectivity index (χ1) is 8.22. The van der Waals surface area contributed by atoms with Crippen molar-refractivity contribution in [3.8, 4) is 0 Å². The lowest BCUT2D eigenvalue weighted by Gasteiger charge is -2.20. The zero-order valence-electron chi connectivity index (χ0n) is 10.5. The molecule has 2 heterocycles. The molecular weight excluding hydrogens is 216 g/mol. The Kier molecular flexibility index (Phi) is 3.63. The fourth-order valence-corrected chi connectivity index (χ4v) is 1.71. The molecule has 2 unspecified atom stereocenters. The molecule has 0 saturated heterocycles. The Labute approximate surface area is 100 Å². The molecule has 0 radical (unpaired) electrons. The SMILES string of the molecule is CCCNC(C)C(C)c1ccc2nnnn2n1. The van der Waals surface area contributed by atoms with Gasteiger partial charge in [0, 0.05) is 12.0 Å². The van der Waals surface area contributed by atoms with Gasteiger partial charge in [-0.3, -0.25) is 0 Å². The third-order valence-corrected chi connectivity index (χ3v) is 3.02. The summed E-state index contributed by atoms with van der Waals surface area (Å²) < 4.78 is 1.47. The van der Waals surface area contributed by atoms with Gasteiger partial charge in [-0.25, -0.2) is 0 Å². The van der Waals surface area contributed by atoms with E-state index in [-0.39, 0.29) is 0 Å². The van der Waals surface area contributed by atoms with Crippen LogP contribution in [-0.2, 0) is 0 Å². The van der Waals surface area contributed by atoms with Crippen molar-refractivity contribution in [3.63, 3.8) is 0 Å². The number of rotatable bonds is 5. The largest absolute Gasteiger partial charge is 0.314 e. The standard InChI is InChI=1S/C11H18N6/c1-4-7-12-9(3)8(2)10-5-6-11-13-15-16-17(11)14-10/h5-6,8-9,12H,4,7H2,1-3H3. The van der Waals surface area contributed by atoms with Gasteiger partial charge in [0.25, 0.3) is 0 Å². The highest BCUT2D eigenvalue weighted by molar-refractivity contribution is 5.33. The van der Waals surface area contributed by atoms with E-state index in [1.165, 1.54) is 4.63 Å². The first kappa shape index (κ1) is 11.9. The molecule has 0 spiro atoms. The van der Waals surface area contributed by atoms with E-state index in [2.05, 4.69) is 46.7 Å². The number of hydrogen-bond acceptors (Lipinski definition) is 5. The van der Waals surface area contributed by atoms with Gasteiger partial charge < -0.3 is 5.32 Å². The van der Waals surface area contributed by atoms with E-state index in [0.29, 0.717) is 17.6 Å². The molecule has 0 saturated carbocycles. The lowest BCUT2D eigenvalue weighted by Crippen LogP contribution is -2.32. The van der Waals surface area contributed by atoms with Crippen LogP contribution in [0.1, 0.15) is 38.8 Å². The van der Waals surface area contributed by atoms with Crippen LogP contribution in [0.4, 0.5) is 0 Å². The van der Waals surface area contributed by atoms with E-state index in [1.54, 1.807) is 0 Å². The highest BCUT2D eigenvalue weighted by Crippen LogP contribution is 2.16. The van der Waals surface area contributed by atoms with Crippen molar-refractivity contribution in [2.45, 2.75) is 39.2 Å². The summed E-state index contributed by atoms with van der Waals surface area (Å²) in [6.07, 6.45) is 1.14. The lowest BCUT2D eigenvalue weighted by atomic mass is 9.99. The topological polar surface area (TPSA) is 68.0 Å². The molecule has 0 bridgehead atoms. The number of hydrogen-bond donors (Lipinski definition) is 1. The van der Waals surface area contributed by atoms with Gasteiger partial charge in [-0.1, -0.05) is 13.8 Å². The van der Waals surface area contributed by atoms with Crippen LogP contribution in [-0.4, -0.2) is 37.8 Å². The summed E-state index contributed by atoms with van der Waals surface area (Å²) in [5, 5.41) is 19.1. The smallest absolute Gasteiger partial charge is 0.199 e. The van der Waals surface area contributed by atoms with Crippen molar-refractivity contribution >= 4 is 5.65 Å². The second kappa shape index (κ2) is 5.18. The van der Waals surface area contributed by atoms with Crippen LogP contribution in [0.3, 0.4) is 0 Å². The van der Waals surface area contributed by atoms with Crippen LogP contribution in [0.25, 0.3) is 5.65 Å². The van der Waals surface area contributed by atoms with E-state index in [4.69, 9.17) is 0 Å². The Balaban J connectivity index is 2.14. The fraction of sp³-hybridized carbons (Fsp3) is 0.636. The number of nitrogens with one attached hydrogen (secondary N) is 1. The van der Waals surface area contributed by atoms with Crippen LogP contribution < -0.4 is 5.32 Å². The van der Waals surface area contributed by atoms with Crippen molar-refractivity contribution in [2.24, 2.45) is 0 Å². The summed E-state index contributed by atoms with van der Waals surface area (Å²) >= 11 is 0. The predicted octanol–water partition coefficient (Wildman–Crippen LogP) is 1.01. The molecule has 0 fully saturated rings. The van der Waals surface area contributed by atoms with Crippen LogP contribution in [0.15, 0.2) is 12.1 Å². The summed E-state index contributed by atoms with van der Waals surface area (Å²) in [6.45, 7) is 7.52. The first-order valence-electron chi connectivity index (χ1n) is 6.01. The Bertz CT molecular complexity index is 480. The number of fused-ring (bicyclic) bond motifs is 1. The summed E-state index contributed by atoms with van der Waals surface area (Å²) in [5.74, 6) is 0.329. The van der Waals surface area contributed by atoms with E-state index < -0.39 is 0 Å². The normalized spacial score (nSPS) is 15.0. The average Bonchev–Trinajstić information content (AvgIpc) is 2.81. The third kappa shape index (κ3) is 2.58. The number of aromatic nitrogens is 5. The maximum atomic E-state index is 4.40. The molecule has 0 aromatic carbocycles. The van der Waals surface area contributed by atoms with Crippen LogP contribution >= 0.6 is 0 Å². The molecule has 17 heavy (non-hydrogen) atoms. The molecule has 0 aliphatic carbocycles. The molecule has 6 nitrogen and oxygen atoms in total. The number of nitrogens with zero attached hydrogens (tertiary/aromatic N) is 5. The quantitative estimate of drug-likeness (QED) is 0.836. The van der Waals surface area contributed by atoms with E-state index in [9.17, 15) is 0 Å². The van der Waals surface area contributed by atoms with E-state index >= 15 is 0 Å². The first-order valence-corrected chi connectivity index (χ1v) is 6.01. The highest BCUT2D eigenvalue weighted by atomic mass is 15.6. The van der Waals surface area contributed by atoms with Crippen LogP contribution in [0, 0.1) is 0 Å². The highest BCUT2D eigenvalue weighted by Gasteiger charge is 2.15. The second-order valence-electron chi connectivity index (χ2n) is 4.32. The van der Waals surface area contributed by atoms with Gasteiger partial charge in [0.05, 0.1) is 5.69 Å². The fourth-order valence-electron chi connectivity index (χ4n) is 1.71. The summed E-state index contributed by atoms with van der Waals surface area (Å²) in [4.78, 5) is 0. The minimum atomic E-state index is 0.329. The Hall–Kier alpha value is -1.56. The van der Waals surface area contributed by atoms with Gasteiger partial charge in [-0.05, 0) is 42.4 Å². The molecule has 0 aliphatic heterocycles. The van der Waals surface area contributed by atoms with E-state index in [0.717, 1.165) is 18.7 Å². The second-order valence-corrected chi connectivity index (χ2v) is 4.32. The van der Waals surface area contributed by atoms with Crippen molar-refractivity contribution in [1.82, 2.24) is 30.6 Å². The van der Waals surface area contributed by atoms with Crippen molar-refractivity contribution < 1.29 is 0 Å². The molecule has 6 heteroatoms. The zero-order valence-corrected chi connectivity index (χ0v) is 10.5. The maximum absolute atomic E-state index is 4.40. The van der Waals surface area contributed by atoms with Crippen LogP contribution in [0.2, 0.25) is 0 Å². The summed E-state index contributed by atoms with van der Waals surface area (Å²) in [5.41, 5.74) is 1.68. The Morgan fingerprint density at radius 1 is 1.35 bits per heavy atom. The molecule has 2 rings (SSSR count).